The third-order valence-corrected chi connectivity index (χ3v) is 2.59. The first kappa shape index (κ1) is 13.8. The molecule has 0 unspecified atom stereocenters. The first-order valence-electron chi connectivity index (χ1n) is 5.94. The summed E-state index contributed by atoms with van der Waals surface area (Å²) in [4.78, 5) is 22.4. The third-order valence-electron chi connectivity index (χ3n) is 2.59. The smallest absolute Gasteiger partial charge is 0.325 e. The van der Waals surface area contributed by atoms with Gasteiger partial charge in [-0.15, -0.1) is 0 Å². The van der Waals surface area contributed by atoms with Crippen molar-refractivity contribution in [3.05, 3.63) is 35.5 Å². The van der Waals surface area contributed by atoms with Crippen LogP contribution in [0.5, 0.6) is 0 Å². The van der Waals surface area contributed by atoms with Gasteiger partial charge in [0.2, 0.25) is 0 Å². The highest BCUT2D eigenvalue weighted by atomic mass is 16.5. The molecule has 0 saturated heterocycles. The maximum absolute atomic E-state index is 11.7. The summed E-state index contributed by atoms with van der Waals surface area (Å²) in [6.07, 6.45) is 3.54. The molecule has 0 aliphatic rings. The lowest BCUT2D eigenvalue weighted by molar-refractivity contribution is -0.138. The first-order chi connectivity index (χ1) is 9.45. The van der Waals surface area contributed by atoms with Crippen molar-refractivity contribution in [3.8, 4) is 0 Å². The van der Waals surface area contributed by atoms with Gasteiger partial charge < -0.3 is 14.9 Å². The Morgan fingerprint density at radius 2 is 2.30 bits per heavy atom. The molecule has 2 aromatic heterocycles. The Morgan fingerprint density at radius 1 is 1.55 bits per heavy atom. The molecule has 0 aliphatic heterocycles. The second kappa shape index (κ2) is 5.55. The van der Waals surface area contributed by atoms with Gasteiger partial charge in [0.25, 0.3) is 5.91 Å². The molecular weight excluding hydrogens is 264 g/mol. The summed E-state index contributed by atoms with van der Waals surface area (Å²) >= 11 is 0. The van der Waals surface area contributed by atoms with Gasteiger partial charge in [-0.3, -0.25) is 14.3 Å². The van der Waals surface area contributed by atoms with Crippen molar-refractivity contribution in [1.82, 2.24) is 20.3 Å². The molecular formula is C12H14N4O4. The third kappa shape index (κ3) is 3.22. The zero-order valence-electron chi connectivity index (χ0n) is 11.0. The molecule has 2 heterocycles. The highest BCUT2D eigenvalue weighted by molar-refractivity contribution is 5.94. The fraction of sp³-hybridized carbons (Fsp3) is 0.333. The molecule has 1 amide bonds. The quantitative estimate of drug-likeness (QED) is 0.820. The summed E-state index contributed by atoms with van der Waals surface area (Å²) in [6, 6.07) is 0.470. The largest absolute Gasteiger partial charge is 0.480 e. The number of nitrogens with one attached hydrogen (secondary N) is 1. The molecule has 8 heteroatoms. The van der Waals surface area contributed by atoms with Crippen molar-refractivity contribution in [2.24, 2.45) is 0 Å². The minimum Gasteiger partial charge on any atom is -0.480 e. The first-order valence-corrected chi connectivity index (χ1v) is 5.94. The van der Waals surface area contributed by atoms with Gasteiger partial charge in [0, 0.05) is 12.3 Å². The number of aryl methyl sites for hydroxylation is 1. The van der Waals surface area contributed by atoms with E-state index >= 15 is 0 Å². The maximum Gasteiger partial charge on any atom is 0.325 e. The predicted octanol–water partition coefficient (Wildman–Crippen LogP) is 0.431. The molecule has 0 aromatic carbocycles. The number of rotatable bonds is 5. The van der Waals surface area contributed by atoms with E-state index < -0.39 is 17.9 Å². The number of aromatic nitrogens is 3. The fourth-order valence-corrected chi connectivity index (χ4v) is 1.54. The maximum atomic E-state index is 11.7. The number of hydrogen-bond acceptors (Lipinski definition) is 5. The Labute approximate surface area is 114 Å². The number of carbonyl (C=O) groups excluding carboxylic acids is 1. The average molecular weight is 278 g/mol. The van der Waals surface area contributed by atoms with Gasteiger partial charge >= 0.3 is 5.97 Å². The summed E-state index contributed by atoms with van der Waals surface area (Å²) in [7, 11) is 0. The second-order valence-electron chi connectivity index (χ2n) is 4.43. The summed E-state index contributed by atoms with van der Waals surface area (Å²) in [5, 5.41) is 18.7. The van der Waals surface area contributed by atoms with Crippen LogP contribution >= 0.6 is 0 Å². The monoisotopic (exact) mass is 278 g/mol. The predicted molar refractivity (Wildman–Crippen MR) is 67.1 cm³/mol. The van der Waals surface area contributed by atoms with Crippen LogP contribution in [0.4, 0.5) is 0 Å². The lowest BCUT2D eigenvalue weighted by Gasteiger charge is -2.06. The van der Waals surface area contributed by atoms with E-state index in [-0.39, 0.29) is 5.69 Å². The molecule has 0 fully saturated rings. The van der Waals surface area contributed by atoms with Crippen LogP contribution in [0.2, 0.25) is 0 Å². The van der Waals surface area contributed by atoms with Crippen molar-refractivity contribution in [2.45, 2.75) is 26.4 Å². The van der Waals surface area contributed by atoms with E-state index in [0.717, 1.165) is 5.56 Å². The molecule has 0 bridgehead atoms. The lowest BCUT2D eigenvalue weighted by Crippen LogP contribution is -2.38. The molecule has 1 atom stereocenters. The van der Waals surface area contributed by atoms with E-state index in [1.165, 1.54) is 13.0 Å². The van der Waals surface area contributed by atoms with Gasteiger partial charge in [-0.2, -0.15) is 5.10 Å². The molecule has 2 rings (SSSR count). The number of amides is 1. The van der Waals surface area contributed by atoms with Gasteiger partial charge in [-0.25, -0.2) is 0 Å². The molecule has 8 nitrogen and oxygen atoms in total. The van der Waals surface area contributed by atoms with Crippen LogP contribution in [-0.4, -0.2) is 38.0 Å². The van der Waals surface area contributed by atoms with Gasteiger partial charge in [-0.1, -0.05) is 5.16 Å². The number of aliphatic carboxylic acids is 1. The zero-order valence-corrected chi connectivity index (χ0v) is 11.0. The van der Waals surface area contributed by atoms with Gasteiger partial charge in [0.1, 0.15) is 12.6 Å². The minimum atomic E-state index is -1.12. The molecule has 2 aromatic rings. The average Bonchev–Trinajstić information content (AvgIpc) is 2.99. The molecule has 0 aliphatic carbocycles. The topological polar surface area (TPSA) is 110 Å². The van der Waals surface area contributed by atoms with Gasteiger partial charge in [-0.05, 0) is 19.4 Å². The van der Waals surface area contributed by atoms with Crippen molar-refractivity contribution in [1.29, 1.82) is 0 Å². The Morgan fingerprint density at radius 3 is 2.90 bits per heavy atom. The van der Waals surface area contributed by atoms with E-state index in [4.69, 9.17) is 9.63 Å². The van der Waals surface area contributed by atoms with Crippen molar-refractivity contribution in [2.75, 3.05) is 0 Å². The number of carbonyl (C=O) groups is 2. The van der Waals surface area contributed by atoms with Crippen LogP contribution in [0.15, 0.2) is 23.0 Å². The van der Waals surface area contributed by atoms with Crippen molar-refractivity contribution < 1.29 is 19.2 Å². The zero-order chi connectivity index (χ0) is 14.7. The SMILES string of the molecule is Cc1cnn(Cc2cc(C(=O)N[C@@H](C)C(=O)O)no2)c1. The van der Waals surface area contributed by atoms with Crippen LogP contribution in [0, 0.1) is 6.92 Å². The number of carboxylic acid groups (broad SMARTS) is 1. The normalized spacial score (nSPS) is 12.1. The standard InChI is InChI=1S/C12H14N4O4/c1-7-4-13-16(5-7)6-9-3-10(15-20-9)11(17)14-8(2)12(18)19/h3-5,8H,6H2,1-2H3,(H,14,17)(H,18,19)/t8-/m0/s1. The van der Waals surface area contributed by atoms with Crippen LogP contribution in [0.25, 0.3) is 0 Å². The van der Waals surface area contributed by atoms with Crippen LogP contribution in [-0.2, 0) is 11.3 Å². The highest BCUT2D eigenvalue weighted by Crippen LogP contribution is 2.07. The molecule has 0 spiro atoms. The van der Waals surface area contributed by atoms with Crippen LogP contribution in [0.3, 0.4) is 0 Å². The molecule has 106 valence electrons. The molecule has 2 N–H and O–H groups in total. The van der Waals surface area contributed by atoms with E-state index in [9.17, 15) is 9.59 Å². The van der Waals surface area contributed by atoms with Gasteiger partial charge in [0.05, 0.1) is 6.20 Å². The van der Waals surface area contributed by atoms with Crippen LogP contribution < -0.4 is 5.32 Å². The lowest BCUT2D eigenvalue weighted by atomic mass is 10.3. The Hall–Kier alpha value is -2.64. The van der Waals surface area contributed by atoms with E-state index in [1.807, 2.05) is 13.1 Å². The number of hydrogen-bond donors (Lipinski definition) is 2. The van der Waals surface area contributed by atoms with Gasteiger partial charge in [0.15, 0.2) is 11.5 Å². The second-order valence-corrected chi connectivity index (χ2v) is 4.43. The summed E-state index contributed by atoms with van der Waals surface area (Å²) < 4.78 is 6.67. The van der Waals surface area contributed by atoms with E-state index in [2.05, 4.69) is 15.6 Å². The number of carboxylic acids is 1. The molecule has 0 saturated carbocycles. The van der Waals surface area contributed by atoms with Crippen LogP contribution in [0.1, 0.15) is 28.7 Å². The molecule has 20 heavy (non-hydrogen) atoms. The number of nitrogens with zero attached hydrogens (tertiary/aromatic N) is 3. The Balaban J connectivity index is 2.01. The minimum absolute atomic E-state index is 0.0389. The fourth-order valence-electron chi connectivity index (χ4n) is 1.54. The summed E-state index contributed by atoms with van der Waals surface area (Å²) in [6.45, 7) is 3.63. The summed E-state index contributed by atoms with van der Waals surface area (Å²) in [5.74, 6) is -1.25. The summed E-state index contributed by atoms with van der Waals surface area (Å²) in [5.41, 5.74) is 1.05. The van der Waals surface area contributed by atoms with Crippen molar-refractivity contribution >= 4 is 11.9 Å². The van der Waals surface area contributed by atoms with E-state index in [0.29, 0.717) is 12.3 Å². The Kier molecular flexibility index (Phi) is 3.83. The highest BCUT2D eigenvalue weighted by Gasteiger charge is 2.18. The molecule has 0 radical (unpaired) electrons. The Bertz CT molecular complexity index is 631. The van der Waals surface area contributed by atoms with Crippen molar-refractivity contribution in [3.63, 3.8) is 0 Å². The van der Waals surface area contributed by atoms with E-state index in [1.54, 1.807) is 10.9 Å².